The second-order valence-electron chi connectivity index (χ2n) is 10.7. The molecule has 2 aliphatic rings. The number of ether oxygens (including phenoxy) is 1. The molecule has 0 amide bonds. The molecule has 1 unspecified atom stereocenters. The van der Waals surface area contributed by atoms with Crippen molar-refractivity contribution in [2.45, 2.75) is 70.3 Å². The molecule has 0 saturated heterocycles. The molecule has 174 valence electrons. The monoisotopic (exact) mass is 445 g/mol. The van der Waals surface area contributed by atoms with Gasteiger partial charge in [0.2, 0.25) is 0 Å². The van der Waals surface area contributed by atoms with Crippen molar-refractivity contribution in [3.05, 3.63) is 64.2 Å². The first kappa shape index (κ1) is 23.4. The molecule has 2 aromatic carbocycles. The Morgan fingerprint density at radius 2 is 1.79 bits per heavy atom. The minimum absolute atomic E-state index is 0.0716. The molecule has 0 bridgehead atoms. The summed E-state index contributed by atoms with van der Waals surface area (Å²) in [4.78, 5) is 11.5. The van der Waals surface area contributed by atoms with Crippen LogP contribution in [-0.4, -0.2) is 24.7 Å². The van der Waals surface area contributed by atoms with Crippen LogP contribution in [0.25, 0.3) is 0 Å². The molecule has 2 aliphatic carbocycles. The number of benzene rings is 2. The van der Waals surface area contributed by atoms with Crippen molar-refractivity contribution >= 4 is 5.97 Å². The van der Waals surface area contributed by atoms with Crippen molar-refractivity contribution in [3.8, 4) is 17.6 Å². The summed E-state index contributed by atoms with van der Waals surface area (Å²) in [5.74, 6) is 7.47. The second kappa shape index (κ2) is 8.88. The number of nitrogens with one attached hydrogen (secondary N) is 1. The maximum atomic E-state index is 11.5. The van der Waals surface area contributed by atoms with Gasteiger partial charge in [0.1, 0.15) is 5.75 Å². The Kier molecular flexibility index (Phi) is 6.29. The summed E-state index contributed by atoms with van der Waals surface area (Å²) in [5.41, 5.74) is 4.33. The number of hydrogen-bond donors (Lipinski definition) is 2. The fraction of sp³-hybridized carbons (Fsp3) is 0.483. The smallest absolute Gasteiger partial charge is 0.313 e. The molecule has 0 spiro atoms. The van der Waals surface area contributed by atoms with Crippen molar-refractivity contribution in [2.24, 2.45) is 5.92 Å². The number of rotatable bonds is 6. The van der Waals surface area contributed by atoms with Gasteiger partial charge in [-0.2, -0.15) is 0 Å². The molecule has 33 heavy (non-hydrogen) atoms. The molecule has 0 aromatic heterocycles. The van der Waals surface area contributed by atoms with Gasteiger partial charge in [-0.25, -0.2) is 0 Å². The molecule has 0 aliphatic heterocycles. The molecule has 1 atom stereocenters. The summed E-state index contributed by atoms with van der Waals surface area (Å²) in [6.45, 7) is 9.13. The number of methoxy groups -OCH3 is 1. The lowest BCUT2D eigenvalue weighted by molar-refractivity contribution is -0.142. The number of carbonyl (C=O) groups is 1. The summed E-state index contributed by atoms with van der Waals surface area (Å²) in [6.07, 6.45) is 4.94. The maximum absolute atomic E-state index is 11.5. The van der Waals surface area contributed by atoms with Crippen LogP contribution in [0.5, 0.6) is 5.75 Å². The van der Waals surface area contributed by atoms with Crippen LogP contribution in [0.15, 0.2) is 36.4 Å². The van der Waals surface area contributed by atoms with E-state index in [0.717, 1.165) is 47.7 Å². The third-order valence-electron chi connectivity index (χ3n) is 7.34. The van der Waals surface area contributed by atoms with Crippen LogP contribution >= 0.6 is 0 Å². The summed E-state index contributed by atoms with van der Waals surface area (Å²) in [5, 5.41) is 13.2. The minimum atomic E-state index is -0.923. The Morgan fingerprint density at radius 3 is 2.39 bits per heavy atom. The van der Waals surface area contributed by atoms with Crippen molar-refractivity contribution in [1.29, 1.82) is 0 Å². The number of hydrogen-bond acceptors (Lipinski definition) is 3. The van der Waals surface area contributed by atoms with Gasteiger partial charge < -0.3 is 15.2 Å². The van der Waals surface area contributed by atoms with Gasteiger partial charge in [0.15, 0.2) is 0 Å². The van der Waals surface area contributed by atoms with E-state index in [1.165, 1.54) is 24.0 Å². The van der Waals surface area contributed by atoms with Gasteiger partial charge in [-0.3, -0.25) is 4.79 Å². The van der Waals surface area contributed by atoms with Crippen LogP contribution in [0.2, 0.25) is 0 Å². The van der Waals surface area contributed by atoms with Gasteiger partial charge in [0, 0.05) is 22.7 Å². The predicted octanol–water partition coefficient (Wildman–Crippen LogP) is 5.57. The average Bonchev–Trinajstić information content (AvgIpc) is 3.61. The molecular weight excluding hydrogens is 410 g/mol. The minimum Gasteiger partial charge on any atom is -0.496 e. The van der Waals surface area contributed by atoms with Crippen LogP contribution in [0.4, 0.5) is 0 Å². The molecule has 4 rings (SSSR count). The fourth-order valence-corrected chi connectivity index (χ4v) is 4.64. The van der Waals surface area contributed by atoms with Gasteiger partial charge >= 0.3 is 5.97 Å². The Hall–Kier alpha value is -2.77. The SMILES string of the molecule is COc1cc(C#Cc2ccc(C(C)(C)C(=O)O)cc2)cc2c1C(NCC1CC1)CCC2(C)C. The number of aliphatic carboxylic acids is 1. The zero-order valence-electron chi connectivity index (χ0n) is 20.4. The third-order valence-corrected chi connectivity index (χ3v) is 7.34. The van der Waals surface area contributed by atoms with E-state index in [4.69, 9.17) is 4.74 Å². The number of fused-ring (bicyclic) bond motifs is 1. The Morgan fingerprint density at radius 1 is 1.12 bits per heavy atom. The maximum Gasteiger partial charge on any atom is 0.313 e. The van der Waals surface area contributed by atoms with Crippen molar-refractivity contribution in [3.63, 3.8) is 0 Å². The van der Waals surface area contributed by atoms with Crippen LogP contribution < -0.4 is 10.1 Å². The lowest BCUT2D eigenvalue weighted by Crippen LogP contribution is -2.34. The molecule has 1 fully saturated rings. The third kappa shape index (κ3) is 4.94. The van der Waals surface area contributed by atoms with E-state index < -0.39 is 11.4 Å². The van der Waals surface area contributed by atoms with Gasteiger partial charge in [-0.1, -0.05) is 37.8 Å². The van der Waals surface area contributed by atoms with Gasteiger partial charge in [-0.15, -0.1) is 0 Å². The zero-order chi connectivity index (χ0) is 23.8. The van der Waals surface area contributed by atoms with Crippen LogP contribution in [-0.2, 0) is 15.6 Å². The molecular formula is C29H35NO3. The lowest BCUT2D eigenvalue weighted by atomic mass is 9.70. The summed E-state index contributed by atoms with van der Waals surface area (Å²) in [6, 6.07) is 12.1. The van der Waals surface area contributed by atoms with E-state index in [0.29, 0.717) is 6.04 Å². The van der Waals surface area contributed by atoms with Crippen LogP contribution in [0, 0.1) is 17.8 Å². The Bertz CT molecular complexity index is 1100. The highest BCUT2D eigenvalue weighted by Gasteiger charge is 2.36. The van der Waals surface area contributed by atoms with Crippen LogP contribution in [0.3, 0.4) is 0 Å². The van der Waals surface area contributed by atoms with E-state index in [2.05, 4.69) is 43.1 Å². The lowest BCUT2D eigenvalue weighted by Gasteiger charge is -2.38. The fourth-order valence-electron chi connectivity index (χ4n) is 4.64. The zero-order valence-corrected chi connectivity index (χ0v) is 20.4. The van der Waals surface area contributed by atoms with E-state index >= 15 is 0 Å². The molecule has 2 N–H and O–H groups in total. The van der Waals surface area contributed by atoms with Crippen molar-refractivity contribution < 1.29 is 14.6 Å². The molecule has 2 aromatic rings. The Balaban J connectivity index is 1.64. The Labute approximate surface area is 197 Å². The van der Waals surface area contributed by atoms with Crippen molar-refractivity contribution in [2.75, 3.05) is 13.7 Å². The highest BCUT2D eigenvalue weighted by atomic mass is 16.5. The normalized spacial score (nSPS) is 19.2. The standard InChI is InChI=1S/C29H35NO3/c1-28(2)15-14-24(30-18-20-7-8-20)26-23(28)16-21(17-25(26)33-5)9-6-19-10-12-22(13-11-19)29(3,4)27(31)32/h10-13,16-17,20,24,30H,7-8,14-15,18H2,1-5H3,(H,31,32). The average molecular weight is 446 g/mol. The highest BCUT2D eigenvalue weighted by molar-refractivity contribution is 5.80. The summed E-state index contributed by atoms with van der Waals surface area (Å²) < 4.78 is 5.86. The first-order valence-corrected chi connectivity index (χ1v) is 11.9. The molecule has 4 nitrogen and oxygen atoms in total. The quantitative estimate of drug-likeness (QED) is 0.571. The van der Waals surface area contributed by atoms with E-state index in [1.807, 2.05) is 24.3 Å². The molecule has 1 saturated carbocycles. The number of carboxylic acids is 1. The van der Waals surface area contributed by atoms with E-state index in [1.54, 1.807) is 21.0 Å². The largest absolute Gasteiger partial charge is 0.496 e. The van der Waals surface area contributed by atoms with Crippen molar-refractivity contribution in [1.82, 2.24) is 5.32 Å². The van der Waals surface area contributed by atoms with Gasteiger partial charge in [0.05, 0.1) is 12.5 Å². The predicted molar refractivity (Wildman–Crippen MR) is 132 cm³/mol. The van der Waals surface area contributed by atoms with Gasteiger partial charge in [-0.05, 0) is 92.8 Å². The first-order chi connectivity index (χ1) is 15.6. The molecule has 4 heteroatoms. The highest BCUT2D eigenvalue weighted by Crippen LogP contribution is 2.46. The summed E-state index contributed by atoms with van der Waals surface area (Å²) in [7, 11) is 1.75. The van der Waals surface area contributed by atoms with Crippen LogP contribution in [0.1, 0.15) is 87.2 Å². The second-order valence-corrected chi connectivity index (χ2v) is 10.7. The van der Waals surface area contributed by atoms with E-state index in [-0.39, 0.29) is 5.41 Å². The molecule has 0 radical (unpaired) electrons. The molecule has 0 heterocycles. The van der Waals surface area contributed by atoms with E-state index in [9.17, 15) is 9.90 Å². The first-order valence-electron chi connectivity index (χ1n) is 11.9. The number of carboxylic acid groups (broad SMARTS) is 1. The van der Waals surface area contributed by atoms with Gasteiger partial charge in [0.25, 0.3) is 0 Å². The summed E-state index contributed by atoms with van der Waals surface area (Å²) >= 11 is 0. The topological polar surface area (TPSA) is 58.6 Å².